The van der Waals surface area contributed by atoms with Gasteiger partial charge in [-0.1, -0.05) is 41.9 Å². The van der Waals surface area contributed by atoms with Crippen LogP contribution in [0.3, 0.4) is 0 Å². The molecule has 0 radical (unpaired) electrons. The van der Waals surface area contributed by atoms with Gasteiger partial charge in [0.15, 0.2) is 0 Å². The molecule has 1 aliphatic rings. The second-order valence-electron chi connectivity index (χ2n) is 6.98. The van der Waals surface area contributed by atoms with Crippen LogP contribution in [0.4, 0.5) is 0 Å². The quantitative estimate of drug-likeness (QED) is 0.744. The number of carbonyl (C=O) groups is 1. The fourth-order valence-corrected chi connectivity index (χ4v) is 4.29. The van der Waals surface area contributed by atoms with E-state index in [0.717, 1.165) is 23.9 Å². The number of nitrogens with zero attached hydrogens (tertiary/aromatic N) is 3. The lowest BCUT2D eigenvalue weighted by atomic mass is 10.1. The van der Waals surface area contributed by atoms with Gasteiger partial charge < -0.3 is 4.90 Å². The van der Waals surface area contributed by atoms with E-state index in [1.54, 1.807) is 4.90 Å². The first kappa shape index (κ1) is 20.8. The molecule has 0 aromatic heterocycles. The second-order valence-corrected chi connectivity index (χ2v) is 9.54. The predicted octanol–water partition coefficient (Wildman–Crippen LogP) is 2.55. The summed E-state index contributed by atoms with van der Waals surface area (Å²) in [6.45, 7) is 3.52. The van der Waals surface area contributed by atoms with Crippen LogP contribution in [-0.2, 0) is 16.6 Å². The van der Waals surface area contributed by atoms with E-state index in [1.807, 2.05) is 18.2 Å². The Morgan fingerprint density at radius 3 is 2.29 bits per heavy atom. The highest BCUT2D eigenvalue weighted by molar-refractivity contribution is 7.89. The Labute approximate surface area is 171 Å². The Kier molecular flexibility index (Phi) is 6.40. The Morgan fingerprint density at radius 1 is 1.04 bits per heavy atom. The van der Waals surface area contributed by atoms with Crippen LogP contribution in [0, 0.1) is 0 Å². The summed E-state index contributed by atoms with van der Waals surface area (Å²) in [4.78, 5) is 17.0. The van der Waals surface area contributed by atoms with Crippen molar-refractivity contribution in [3.05, 3.63) is 64.7 Å². The SMILES string of the molecule is CN(C)S(=O)(=O)c1ccc(Cl)c(C(=O)N2CCN(Cc3ccccc3)CC2)c1. The molecule has 28 heavy (non-hydrogen) atoms. The van der Waals surface area contributed by atoms with Gasteiger partial charge in [-0.15, -0.1) is 0 Å². The zero-order valence-electron chi connectivity index (χ0n) is 16.0. The zero-order chi connectivity index (χ0) is 20.3. The first-order chi connectivity index (χ1) is 13.3. The third-order valence-corrected chi connectivity index (χ3v) is 7.00. The maximum atomic E-state index is 12.9. The summed E-state index contributed by atoms with van der Waals surface area (Å²) < 4.78 is 25.8. The van der Waals surface area contributed by atoms with Gasteiger partial charge >= 0.3 is 0 Å². The second kappa shape index (κ2) is 8.61. The van der Waals surface area contributed by atoms with Crippen molar-refractivity contribution < 1.29 is 13.2 Å². The summed E-state index contributed by atoms with van der Waals surface area (Å²) in [5.74, 6) is -0.236. The Balaban J connectivity index is 1.70. The average molecular weight is 422 g/mol. The minimum absolute atomic E-state index is 0.0629. The van der Waals surface area contributed by atoms with Gasteiger partial charge in [-0.2, -0.15) is 0 Å². The largest absolute Gasteiger partial charge is 0.336 e. The molecule has 1 amide bonds. The third kappa shape index (κ3) is 4.55. The summed E-state index contributed by atoms with van der Waals surface area (Å²) in [5.41, 5.74) is 1.47. The Hall–Kier alpha value is -1.93. The van der Waals surface area contributed by atoms with E-state index in [9.17, 15) is 13.2 Å². The zero-order valence-corrected chi connectivity index (χ0v) is 17.6. The molecule has 0 aliphatic carbocycles. The van der Waals surface area contributed by atoms with Gasteiger partial charge in [0.05, 0.1) is 15.5 Å². The number of hydrogen-bond acceptors (Lipinski definition) is 4. The van der Waals surface area contributed by atoms with Crippen LogP contribution in [0.1, 0.15) is 15.9 Å². The molecule has 0 atom stereocenters. The molecule has 0 unspecified atom stereocenters. The molecule has 2 aromatic rings. The number of rotatable bonds is 5. The molecule has 0 spiro atoms. The molecule has 0 bridgehead atoms. The van der Waals surface area contributed by atoms with Crippen molar-refractivity contribution in [3.63, 3.8) is 0 Å². The van der Waals surface area contributed by atoms with E-state index in [1.165, 1.54) is 37.9 Å². The monoisotopic (exact) mass is 421 g/mol. The number of amides is 1. The van der Waals surface area contributed by atoms with E-state index >= 15 is 0 Å². The fourth-order valence-electron chi connectivity index (χ4n) is 3.16. The van der Waals surface area contributed by atoms with E-state index < -0.39 is 10.0 Å². The maximum absolute atomic E-state index is 12.9. The molecule has 8 heteroatoms. The van der Waals surface area contributed by atoms with Gasteiger partial charge in [0.25, 0.3) is 5.91 Å². The lowest BCUT2D eigenvalue weighted by molar-refractivity contribution is 0.0628. The topological polar surface area (TPSA) is 60.9 Å². The molecule has 2 aromatic carbocycles. The molecule has 0 N–H and O–H groups in total. The van der Waals surface area contributed by atoms with Crippen molar-refractivity contribution >= 4 is 27.5 Å². The number of halogens is 1. The summed E-state index contributed by atoms with van der Waals surface area (Å²) in [6.07, 6.45) is 0. The molecular weight excluding hydrogens is 398 g/mol. The van der Waals surface area contributed by atoms with Gasteiger partial charge in [-0.3, -0.25) is 9.69 Å². The number of benzene rings is 2. The standard InChI is InChI=1S/C20H24ClN3O3S/c1-22(2)28(26,27)17-8-9-19(21)18(14-17)20(25)24-12-10-23(11-13-24)15-16-6-4-3-5-7-16/h3-9,14H,10-13,15H2,1-2H3. The summed E-state index contributed by atoms with van der Waals surface area (Å²) >= 11 is 6.21. The molecular formula is C20H24ClN3O3S. The van der Waals surface area contributed by atoms with Crippen LogP contribution >= 0.6 is 11.6 Å². The van der Waals surface area contributed by atoms with Crippen molar-refractivity contribution in [2.24, 2.45) is 0 Å². The van der Waals surface area contributed by atoms with Crippen molar-refractivity contribution in [2.75, 3.05) is 40.3 Å². The first-order valence-corrected chi connectivity index (χ1v) is 10.9. The molecule has 1 heterocycles. The first-order valence-electron chi connectivity index (χ1n) is 9.06. The molecule has 1 aliphatic heterocycles. The summed E-state index contributed by atoms with van der Waals surface area (Å²) in [7, 11) is -0.717. The van der Waals surface area contributed by atoms with Crippen molar-refractivity contribution in [3.8, 4) is 0 Å². The smallest absolute Gasteiger partial charge is 0.255 e. The van der Waals surface area contributed by atoms with Crippen LogP contribution in [0.25, 0.3) is 0 Å². The molecule has 1 saturated heterocycles. The average Bonchev–Trinajstić information content (AvgIpc) is 2.69. The highest BCUT2D eigenvalue weighted by Crippen LogP contribution is 2.24. The van der Waals surface area contributed by atoms with Crippen molar-refractivity contribution in [1.82, 2.24) is 14.1 Å². The minimum Gasteiger partial charge on any atom is -0.336 e. The normalized spacial score (nSPS) is 15.8. The van der Waals surface area contributed by atoms with Crippen LogP contribution in [0.15, 0.2) is 53.4 Å². The van der Waals surface area contributed by atoms with Crippen LogP contribution in [-0.4, -0.2) is 68.7 Å². The lowest BCUT2D eigenvalue weighted by Crippen LogP contribution is -2.48. The third-order valence-electron chi connectivity index (χ3n) is 4.86. The van der Waals surface area contributed by atoms with Crippen LogP contribution in [0.5, 0.6) is 0 Å². The van der Waals surface area contributed by atoms with Gasteiger partial charge in [0, 0.05) is 46.8 Å². The lowest BCUT2D eigenvalue weighted by Gasteiger charge is -2.35. The molecule has 6 nitrogen and oxygen atoms in total. The highest BCUT2D eigenvalue weighted by Gasteiger charge is 2.26. The number of piperazine rings is 1. The van der Waals surface area contributed by atoms with Crippen LogP contribution in [0.2, 0.25) is 5.02 Å². The van der Waals surface area contributed by atoms with Gasteiger partial charge in [-0.05, 0) is 23.8 Å². The van der Waals surface area contributed by atoms with Crippen molar-refractivity contribution in [2.45, 2.75) is 11.4 Å². The molecule has 0 saturated carbocycles. The summed E-state index contributed by atoms with van der Waals surface area (Å²) in [5, 5.41) is 0.259. The van der Waals surface area contributed by atoms with Gasteiger partial charge in [0.2, 0.25) is 10.0 Å². The van der Waals surface area contributed by atoms with Gasteiger partial charge in [-0.25, -0.2) is 12.7 Å². The molecule has 1 fully saturated rings. The Bertz CT molecular complexity index is 940. The van der Waals surface area contributed by atoms with Crippen LogP contribution < -0.4 is 0 Å². The van der Waals surface area contributed by atoms with E-state index in [2.05, 4.69) is 17.0 Å². The molecule has 3 rings (SSSR count). The predicted molar refractivity (Wildman–Crippen MR) is 110 cm³/mol. The fraction of sp³-hybridized carbons (Fsp3) is 0.350. The molecule has 150 valence electrons. The highest BCUT2D eigenvalue weighted by atomic mass is 35.5. The van der Waals surface area contributed by atoms with E-state index in [-0.39, 0.29) is 21.4 Å². The number of sulfonamides is 1. The Morgan fingerprint density at radius 2 is 1.68 bits per heavy atom. The van der Waals surface area contributed by atoms with Crippen molar-refractivity contribution in [1.29, 1.82) is 0 Å². The minimum atomic E-state index is -3.63. The number of hydrogen-bond donors (Lipinski definition) is 0. The summed E-state index contributed by atoms with van der Waals surface area (Å²) in [6, 6.07) is 14.5. The maximum Gasteiger partial charge on any atom is 0.255 e. The van der Waals surface area contributed by atoms with E-state index in [0.29, 0.717) is 13.1 Å². The number of carbonyl (C=O) groups excluding carboxylic acids is 1. The van der Waals surface area contributed by atoms with Gasteiger partial charge in [0.1, 0.15) is 0 Å². The van der Waals surface area contributed by atoms with E-state index in [4.69, 9.17) is 11.6 Å².